The van der Waals surface area contributed by atoms with E-state index in [9.17, 15) is 13.2 Å². The van der Waals surface area contributed by atoms with E-state index in [4.69, 9.17) is 5.84 Å². The molecule has 0 aliphatic heterocycles. The normalized spacial score (nSPS) is 13.8. The number of nitrogens with two attached hydrogens (primary N) is 1. The van der Waals surface area contributed by atoms with Crippen LogP contribution in [-0.4, -0.2) is 4.98 Å². The molecule has 0 saturated heterocycles. The monoisotopic (exact) mass is 357 g/mol. The number of hydrazine groups is 1. The van der Waals surface area contributed by atoms with Gasteiger partial charge in [0.05, 0.1) is 6.04 Å². The van der Waals surface area contributed by atoms with Crippen molar-refractivity contribution >= 4 is 38.6 Å². The molecule has 0 aliphatic rings. The number of hydrogen-bond donors (Lipinski definition) is 2. The third kappa shape index (κ3) is 2.91. The first-order chi connectivity index (χ1) is 8.41. The van der Waals surface area contributed by atoms with Gasteiger partial charge in [0.15, 0.2) is 5.01 Å². The maximum atomic E-state index is 12.5. The van der Waals surface area contributed by atoms with Crippen LogP contribution >= 0.6 is 38.6 Å². The van der Waals surface area contributed by atoms with Crippen LogP contribution in [0.1, 0.15) is 20.8 Å². The van der Waals surface area contributed by atoms with Crippen molar-refractivity contribution in [1.29, 1.82) is 0 Å². The van der Waals surface area contributed by atoms with Crippen LogP contribution in [0.25, 0.3) is 0 Å². The van der Waals surface area contributed by atoms with Gasteiger partial charge in [0.2, 0.25) is 0 Å². The molecular weight excluding hydrogens is 351 g/mol. The quantitative estimate of drug-likeness (QED) is 0.652. The lowest BCUT2D eigenvalue weighted by molar-refractivity contribution is -0.137. The van der Waals surface area contributed by atoms with Crippen molar-refractivity contribution in [3.63, 3.8) is 0 Å². The summed E-state index contributed by atoms with van der Waals surface area (Å²) >= 11 is 5.28. The molecule has 2 aromatic heterocycles. The first-order valence-corrected chi connectivity index (χ1v) is 7.13. The summed E-state index contributed by atoms with van der Waals surface area (Å²) in [6.45, 7) is 0. The zero-order chi connectivity index (χ0) is 13.3. The summed E-state index contributed by atoms with van der Waals surface area (Å²) in [5, 5.41) is 0.971. The summed E-state index contributed by atoms with van der Waals surface area (Å²) in [5.74, 6) is 5.40. The van der Waals surface area contributed by atoms with Gasteiger partial charge in [-0.25, -0.2) is 10.4 Å². The molecule has 9 heteroatoms. The number of nitrogens with one attached hydrogen (secondary N) is 1. The van der Waals surface area contributed by atoms with Crippen molar-refractivity contribution in [3.05, 3.63) is 36.9 Å². The van der Waals surface area contributed by atoms with Crippen molar-refractivity contribution in [3.8, 4) is 0 Å². The van der Waals surface area contributed by atoms with E-state index in [0.29, 0.717) is 16.2 Å². The Balaban J connectivity index is 2.31. The molecule has 2 rings (SSSR count). The Morgan fingerprint density at radius 3 is 2.56 bits per heavy atom. The second-order valence-corrected chi connectivity index (χ2v) is 6.25. The van der Waals surface area contributed by atoms with Crippen LogP contribution in [0.5, 0.6) is 0 Å². The molecule has 2 aromatic rings. The second kappa shape index (κ2) is 5.25. The van der Waals surface area contributed by atoms with Gasteiger partial charge in [0.1, 0.15) is 0 Å². The first-order valence-electron chi connectivity index (χ1n) is 4.65. The number of halogens is 4. The Kier molecular flexibility index (Phi) is 4.07. The number of aromatic nitrogens is 1. The highest BCUT2D eigenvalue weighted by atomic mass is 79.9. The van der Waals surface area contributed by atoms with Crippen LogP contribution in [0.15, 0.2) is 22.1 Å². The molecule has 0 radical (unpaired) electrons. The molecule has 0 amide bonds. The van der Waals surface area contributed by atoms with Gasteiger partial charge in [-0.1, -0.05) is 0 Å². The fourth-order valence-corrected chi connectivity index (χ4v) is 3.79. The molecule has 2 heterocycles. The summed E-state index contributed by atoms with van der Waals surface area (Å²) in [5.41, 5.74) is 2.51. The van der Waals surface area contributed by atoms with Gasteiger partial charge in [0, 0.05) is 25.8 Å². The van der Waals surface area contributed by atoms with Gasteiger partial charge in [-0.3, -0.25) is 5.84 Å². The van der Waals surface area contributed by atoms with Crippen molar-refractivity contribution in [2.24, 2.45) is 5.84 Å². The number of nitrogens with zero attached hydrogens (tertiary/aromatic N) is 1. The molecule has 18 heavy (non-hydrogen) atoms. The summed E-state index contributed by atoms with van der Waals surface area (Å²) < 4.78 is 38.3. The van der Waals surface area contributed by atoms with Gasteiger partial charge in [-0.05, 0) is 22.0 Å². The molecule has 3 nitrogen and oxygen atoms in total. The van der Waals surface area contributed by atoms with Gasteiger partial charge < -0.3 is 0 Å². The van der Waals surface area contributed by atoms with Crippen molar-refractivity contribution in [2.75, 3.05) is 0 Å². The smallest absolute Gasteiger partial charge is 0.271 e. The van der Waals surface area contributed by atoms with Crippen molar-refractivity contribution in [2.45, 2.75) is 12.2 Å². The Morgan fingerprint density at radius 2 is 2.11 bits per heavy atom. The lowest BCUT2D eigenvalue weighted by Crippen LogP contribution is -2.27. The molecule has 1 atom stereocenters. The van der Waals surface area contributed by atoms with E-state index in [1.807, 2.05) is 11.4 Å². The number of alkyl halides is 3. The number of rotatable bonds is 3. The molecule has 0 aromatic carbocycles. The highest BCUT2D eigenvalue weighted by Gasteiger charge is 2.35. The standard InChI is InChI=1S/C9H7BrF3N3S2/c10-4-1-5(17-3-4)7(16-14)6-2-15-8(18-6)9(11,12)13/h1-3,7,16H,14H2. The van der Waals surface area contributed by atoms with Gasteiger partial charge in [0.25, 0.3) is 0 Å². The topological polar surface area (TPSA) is 50.9 Å². The van der Waals surface area contributed by atoms with E-state index in [-0.39, 0.29) is 0 Å². The fraction of sp³-hybridized carbons (Fsp3) is 0.222. The maximum absolute atomic E-state index is 12.5. The van der Waals surface area contributed by atoms with Crippen LogP contribution in [-0.2, 0) is 6.18 Å². The lowest BCUT2D eigenvalue weighted by Gasteiger charge is -2.11. The van der Waals surface area contributed by atoms with Crippen molar-refractivity contribution < 1.29 is 13.2 Å². The molecule has 98 valence electrons. The maximum Gasteiger partial charge on any atom is 0.443 e. The second-order valence-electron chi connectivity index (χ2n) is 3.33. The molecule has 0 saturated carbocycles. The van der Waals surface area contributed by atoms with Crippen LogP contribution in [0.3, 0.4) is 0 Å². The Labute approximate surface area is 117 Å². The Hall–Kier alpha value is -0.480. The molecule has 1 unspecified atom stereocenters. The average molecular weight is 358 g/mol. The predicted molar refractivity (Wildman–Crippen MR) is 68.3 cm³/mol. The molecule has 0 fully saturated rings. The Morgan fingerprint density at radius 1 is 1.39 bits per heavy atom. The van der Waals surface area contributed by atoms with Crippen LogP contribution in [0.4, 0.5) is 13.2 Å². The summed E-state index contributed by atoms with van der Waals surface area (Å²) in [7, 11) is 0. The largest absolute Gasteiger partial charge is 0.443 e. The highest BCUT2D eigenvalue weighted by Crippen LogP contribution is 2.37. The van der Waals surface area contributed by atoms with Crippen molar-refractivity contribution in [1.82, 2.24) is 10.4 Å². The SMILES string of the molecule is NNC(c1cc(Br)cs1)c1cnc(C(F)(F)F)s1. The van der Waals surface area contributed by atoms with E-state index in [1.54, 1.807) is 0 Å². The zero-order valence-electron chi connectivity index (χ0n) is 8.66. The molecule has 0 bridgehead atoms. The Bertz CT molecular complexity index is 537. The summed E-state index contributed by atoms with van der Waals surface area (Å²) in [4.78, 5) is 4.63. The number of thiazole rings is 1. The first kappa shape index (κ1) is 13.9. The van der Waals surface area contributed by atoms with E-state index in [1.165, 1.54) is 17.5 Å². The molecule has 3 N–H and O–H groups in total. The third-order valence-corrected chi connectivity index (χ3v) is 4.95. The number of thiophene rings is 1. The van der Waals surface area contributed by atoms with Crippen LogP contribution < -0.4 is 11.3 Å². The number of hydrogen-bond acceptors (Lipinski definition) is 5. The fourth-order valence-electron chi connectivity index (χ4n) is 1.34. The minimum absolute atomic E-state index is 0.430. The van der Waals surface area contributed by atoms with Gasteiger partial charge in [-0.15, -0.1) is 22.7 Å². The van der Waals surface area contributed by atoms with E-state index in [2.05, 4.69) is 26.3 Å². The van der Waals surface area contributed by atoms with Crippen LogP contribution in [0.2, 0.25) is 0 Å². The average Bonchev–Trinajstić information content (AvgIpc) is 2.88. The minimum Gasteiger partial charge on any atom is -0.271 e. The molecule has 0 aliphatic carbocycles. The third-order valence-electron chi connectivity index (χ3n) is 2.09. The summed E-state index contributed by atoms with van der Waals surface area (Å²) in [6.07, 6.45) is -3.22. The van der Waals surface area contributed by atoms with Crippen LogP contribution in [0, 0.1) is 0 Å². The lowest BCUT2D eigenvalue weighted by atomic mass is 10.2. The summed E-state index contributed by atoms with van der Waals surface area (Å²) in [6, 6.07) is 1.33. The van der Waals surface area contributed by atoms with Gasteiger partial charge >= 0.3 is 6.18 Å². The predicted octanol–water partition coefficient (Wildman–Crippen LogP) is 3.54. The van der Waals surface area contributed by atoms with Gasteiger partial charge in [-0.2, -0.15) is 13.2 Å². The molecule has 0 spiro atoms. The minimum atomic E-state index is -4.42. The molecular formula is C9H7BrF3N3S2. The zero-order valence-corrected chi connectivity index (χ0v) is 11.9. The van der Waals surface area contributed by atoms with E-state index < -0.39 is 17.2 Å². The van der Waals surface area contributed by atoms with E-state index in [0.717, 1.165) is 9.35 Å². The highest BCUT2D eigenvalue weighted by molar-refractivity contribution is 9.10. The van der Waals surface area contributed by atoms with E-state index >= 15 is 0 Å².